The highest BCUT2D eigenvalue weighted by Crippen LogP contribution is 1.95. The van der Waals surface area contributed by atoms with Crippen LogP contribution in [0.15, 0.2) is 0 Å². The Labute approximate surface area is 186 Å². The van der Waals surface area contributed by atoms with Crippen LogP contribution < -0.4 is 22.1 Å². The first-order valence-electron chi connectivity index (χ1n) is 9.43. The smallest absolute Gasteiger partial charge is 0.434 e. The van der Waals surface area contributed by atoms with Crippen molar-refractivity contribution in [3.05, 3.63) is 0 Å². The van der Waals surface area contributed by atoms with E-state index in [0.717, 1.165) is 0 Å². The number of hydrogen-bond donors (Lipinski definition) is 6. The minimum Gasteiger partial charge on any atom is -0.434 e. The van der Waals surface area contributed by atoms with E-state index in [4.69, 9.17) is 25.3 Å². The average Bonchev–Trinajstić information content (AvgIpc) is 2.67. The number of carbonyl (C=O) groups excluding carboxylic acids is 3. The van der Waals surface area contributed by atoms with E-state index in [9.17, 15) is 31.2 Å². The Morgan fingerprint density at radius 2 is 1.44 bits per heavy atom. The van der Waals surface area contributed by atoms with E-state index in [1.54, 1.807) is 0 Å². The second kappa shape index (κ2) is 15.0. The lowest BCUT2D eigenvalue weighted by Gasteiger charge is -2.14. The number of nitrogens with two attached hydrogens (primary N) is 2. The van der Waals surface area contributed by atoms with Crippen molar-refractivity contribution in [1.29, 1.82) is 0 Å². The largest absolute Gasteiger partial charge is 0.508 e. The van der Waals surface area contributed by atoms with E-state index in [1.165, 1.54) is 0 Å². The summed E-state index contributed by atoms with van der Waals surface area (Å²) < 4.78 is 68.7. The molecule has 2 unspecified atom stereocenters. The van der Waals surface area contributed by atoms with Crippen molar-refractivity contribution in [3.8, 4) is 0 Å². The van der Waals surface area contributed by atoms with Crippen LogP contribution in [0.1, 0.15) is 19.3 Å². The summed E-state index contributed by atoms with van der Waals surface area (Å²) in [5.41, 5.74) is 11.2. The van der Waals surface area contributed by atoms with Gasteiger partial charge in [0.1, 0.15) is 6.61 Å². The minimum atomic E-state index is -4.11. The van der Waals surface area contributed by atoms with Gasteiger partial charge < -0.3 is 31.6 Å². The zero-order chi connectivity index (χ0) is 24.8. The third kappa shape index (κ3) is 17.8. The van der Waals surface area contributed by atoms with Gasteiger partial charge >= 0.3 is 6.16 Å². The number of ketones is 1. The van der Waals surface area contributed by atoms with Crippen molar-refractivity contribution >= 4 is 38.1 Å². The normalized spacial score (nSPS) is 13.8. The fraction of sp³-hybridized carbons (Fsp3) is 0.800. The quantitative estimate of drug-likeness (QED) is 0.0653. The molecule has 0 aliphatic heterocycles. The summed E-state index contributed by atoms with van der Waals surface area (Å²) in [6, 6.07) is -2.18. The first-order chi connectivity index (χ1) is 14.7. The molecule has 15 nitrogen and oxygen atoms in total. The molecule has 0 saturated heterocycles. The van der Waals surface area contributed by atoms with Crippen LogP contribution in [0.3, 0.4) is 0 Å². The molecule has 2 atom stereocenters. The van der Waals surface area contributed by atoms with Gasteiger partial charge in [0.25, 0.3) is 20.2 Å². The molecule has 32 heavy (non-hydrogen) atoms. The average molecular weight is 507 g/mol. The molecule has 0 aromatic carbocycles. The van der Waals surface area contributed by atoms with Crippen molar-refractivity contribution < 1.29 is 49.8 Å². The van der Waals surface area contributed by atoms with E-state index < -0.39 is 68.3 Å². The maximum absolute atomic E-state index is 11.8. The van der Waals surface area contributed by atoms with E-state index in [0.29, 0.717) is 0 Å². The number of amides is 1. The van der Waals surface area contributed by atoms with Crippen molar-refractivity contribution in [2.75, 3.05) is 44.4 Å². The molecular formula is C15H30N4O11S2. The lowest BCUT2D eigenvalue weighted by molar-refractivity contribution is -0.123. The van der Waals surface area contributed by atoms with Crippen LogP contribution in [-0.4, -0.2) is 100 Å². The SMILES string of the molecule is NC(COC(=O)OCCC(N)C(=O)NCCCS(=O)(=O)O)C(=O)CNCCCS(=O)(=O)O. The second-order valence-electron chi connectivity index (χ2n) is 6.62. The summed E-state index contributed by atoms with van der Waals surface area (Å²) in [5, 5.41) is 5.00. The van der Waals surface area contributed by atoms with Gasteiger partial charge in [0.15, 0.2) is 5.78 Å². The number of Topliss-reactive ketones (excluding diaryl/α,β-unsaturated/α-hetero) is 1. The summed E-state index contributed by atoms with van der Waals surface area (Å²) in [5.74, 6) is -2.06. The van der Waals surface area contributed by atoms with Crippen LogP contribution >= 0.6 is 0 Å². The fourth-order valence-electron chi connectivity index (χ4n) is 2.01. The number of carbonyl (C=O) groups is 3. The monoisotopic (exact) mass is 506 g/mol. The van der Waals surface area contributed by atoms with Crippen LogP contribution in [0, 0.1) is 0 Å². The Hall–Kier alpha value is -1.89. The number of nitrogens with one attached hydrogen (secondary N) is 2. The summed E-state index contributed by atoms with van der Waals surface area (Å²) in [7, 11) is -8.18. The lowest BCUT2D eigenvalue weighted by atomic mass is 10.2. The van der Waals surface area contributed by atoms with Gasteiger partial charge in [-0.05, 0) is 19.4 Å². The third-order valence-electron chi connectivity index (χ3n) is 3.71. The van der Waals surface area contributed by atoms with Gasteiger partial charge in [-0.1, -0.05) is 0 Å². The Balaban J connectivity index is 3.92. The van der Waals surface area contributed by atoms with Crippen LogP contribution in [-0.2, 0) is 39.3 Å². The predicted octanol–water partition coefficient (Wildman–Crippen LogP) is -2.98. The second-order valence-corrected chi connectivity index (χ2v) is 9.77. The molecule has 188 valence electrons. The number of rotatable bonds is 17. The molecule has 0 spiro atoms. The van der Waals surface area contributed by atoms with E-state index >= 15 is 0 Å². The van der Waals surface area contributed by atoms with Crippen molar-refractivity contribution in [3.63, 3.8) is 0 Å². The van der Waals surface area contributed by atoms with Gasteiger partial charge in [-0.15, -0.1) is 0 Å². The van der Waals surface area contributed by atoms with Gasteiger partial charge in [-0.2, -0.15) is 16.8 Å². The summed E-state index contributed by atoms with van der Waals surface area (Å²) >= 11 is 0. The van der Waals surface area contributed by atoms with Crippen molar-refractivity contribution in [2.45, 2.75) is 31.3 Å². The first kappa shape index (κ1) is 30.1. The Bertz CT molecular complexity index is 817. The van der Waals surface area contributed by atoms with Crippen LogP contribution in [0.4, 0.5) is 4.79 Å². The molecule has 0 bridgehead atoms. The van der Waals surface area contributed by atoms with E-state index in [-0.39, 0.29) is 45.5 Å². The molecule has 0 heterocycles. The lowest BCUT2D eigenvalue weighted by Crippen LogP contribution is -2.42. The van der Waals surface area contributed by atoms with Crippen LogP contribution in [0.25, 0.3) is 0 Å². The van der Waals surface area contributed by atoms with E-state index in [2.05, 4.69) is 15.4 Å². The topological polar surface area (TPSA) is 255 Å². The number of ether oxygens (including phenoxy) is 2. The Morgan fingerprint density at radius 1 is 0.875 bits per heavy atom. The Kier molecular flexibility index (Phi) is 14.1. The summed E-state index contributed by atoms with van der Waals surface area (Å²) in [6.07, 6.45) is -1.10. The van der Waals surface area contributed by atoms with Crippen molar-refractivity contribution in [2.24, 2.45) is 11.5 Å². The molecule has 0 aliphatic carbocycles. The maximum Gasteiger partial charge on any atom is 0.508 e. The summed E-state index contributed by atoms with van der Waals surface area (Å²) in [6.45, 7) is -0.799. The van der Waals surface area contributed by atoms with Crippen LogP contribution in [0.5, 0.6) is 0 Å². The molecule has 0 aliphatic rings. The highest BCUT2D eigenvalue weighted by Gasteiger charge is 2.18. The molecule has 0 fully saturated rings. The molecular weight excluding hydrogens is 476 g/mol. The summed E-state index contributed by atoms with van der Waals surface area (Å²) in [4.78, 5) is 34.9. The standard InChI is InChI=1S/C15H30N4O11S2/c16-11(14(21)19-5-2-8-32(26,27)28)3-6-29-15(22)30-10-12(17)13(20)9-18-4-1-7-31(23,24)25/h11-12,18H,1-10,16-17H2,(H,19,21)(H,23,24,25)(H,26,27,28). The maximum atomic E-state index is 11.8. The molecule has 17 heteroatoms. The zero-order valence-corrected chi connectivity index (χ0v) is 18.9. The first-order valence-corrected chi connectivity index (χ1v) is 12.7. The van der Waals surface area contributed by atoms with Crippen molar-refractivity contribution in [1.82, 2.24) is 10.6 Å². The minimum absolute atomic E-state index is 0.000810. The van der Waals surface area contributed by atoms with Crippen LogP contribution in [0.2, 0.25) is 0 Å². The highest BCUT2D eigenvalue weighted by molar-refractivity contribution is 7.86. The molecule has 0 aromatic rings. The number of hydrogen-bond acceptors (Lipinski definition) is 12. The van der Waals surface area contributed by atoms with Gasteiger partial charge in [-0.3, -0.25) is 18.7 Å². The molecule has 0 saturated carbocycles. The molecule has 0 rings (SSSR count). The van der Waals surface area contributed by atoms with Gasteiger partial charge in [0.05, 0.1) is 36.7 Å². The molecule has 0 aromatic heterocycles. The van der Waals surface area contributed by atoms with Gasteiger partial charge in [-0.25, -0.2) is 4.79 Å². The van der Waals surface area contributed by atoms with Gasteiger partial charge in [0.2, 0.25) is 5.91 Å². The zero-order valence-electron chi connectivity index (χ0n) is 17.3. The predicted molar refractivity (Wildman–Crippen MR) is 111 cm³/mol. The third-order valence-corrected chi connectivity index (χ3v) is 5.32. The Morgan fingerprint density at radius 3 is 2.00 bits per heavy atom. The van der Waals surface area contributed by atoms with Gasteiger partial charge in [0, 0.05) is 13.0 Å². The van der Waals surface area contributed by atoms with E-state index in [1.807, 2.05) is 0 Å². The fourth-order valence-corrected chi connectivity index (χ4v) is 3.03. The molecule has 0 radical (unpaired) electrons. The highest BCUT2D eigenvalue weighted by atomic mass is 32.2. The molecule has 1 amide bonds. The molecule has 8 N–H and O–H groups in total.